The fourth-order valence-corrected chi connectivity index (χ4v) is 4.82. The van der Waals surface area contributed by atoms with E-state index in [0.717, 1.165) is 4.31 Å². The molecule has 3 rings (SSSR count). The number of nitrogens with zero attached hydrogens (tertiary/aromatic N) is 1. The van der Waals surface area contributed by atoms with Crippen LogP contribution in [0.2, 0.25) is 10.0 Å². The van der Waals surface area contributed by atoms with Crippen LogP contribution in [0.5, 0.6) is 0 Å². The molecule has 0 radical (unpaired) electrons. The van der Waals surface area contributed by atoms with Gasteiger partial charge >= 0.3 is 0 Å². The molecule has 5 nitrogen and oxygen atoms in total. The molecular weight excluding hydrogens is 530 g/mol. The number of benzene rings is 3. The lowest BCUT2D eigenvalue weighted by atomic mass is 10.2. The van der Waals surface area contributed by atoms with Gasteiger partial charge in [-0.15, -0.1) is 0 Å². The summed E-state index contributed by atoms with van der Waals surface area (Å²) in [6, 6.07) is 16.4. The van der Waals surface area contributed by atoms with Gasteiger partial charge in [-0.2, -0.15) is 4.31 Å². The Balaban J connectivity index is 1.89. The van der Waals surface area contributed by atoms with Crippen molar-refractivity contribution < 1.29 is 17.6 Å². The minimum atomic E-state index is -4.06. The Kier molecular flexibility index (Phi) is 7.72. The van der Waals surface area contributed by atoms with Crippen molar-refractivity contribution in [3.63, 3.8) is 0 Å². The maximum absolute atomic E-state index is 14.1. The Bertz CT molecular complexity index is 1210. The Morgan fingerprint density at radius 2 is 1.71 bits per heavy atom. The molecule has 0 heterocycles. The van der Waals surface area contributed by atoms with E-state index in [0.29, 0.717) is 20.1 Å². The summed E-state index contributed by atoms with van der Waals surface area (Å²) in [6.45, 7) is -0.644. The topological polar surface area (TPSA) is 66.5 Å². The normalized spacial score (nSPS) is 11.5. The van der Waals surface area contributed by atoms with Crippen LogP contribution in [0.1, 0.15) is 5.56 Å². The van der Waals surface area contributed by atoms with E-state index in [1.165, 1.54) is 36.4 Å². The minimum Gasteiger partial charge on any atom is -0.322 e. The van der Waals surface area contributed by atoms with Crippen LogP contribution in [0.4, 0.5) is 10.1 Å². The van der Waals surface area contributed by atoms with Gasteiger partial charge in [0.15, 0.2) is 0 Å². The molecule has 162 valence electrons. The maximum atomic E-state index is 14.1. The van der Waals surface area contributed by atoms with Gasteiger partial charge in [-0.3, -0.25) is 4.79 Å². The van der Waals surface area contributed by atoms with Crippen molar-refractivity contribution in [2.45, 2.75) is 11.4 Å². The summed E-state index contributed by atoms with van der Waals surface area (Å²) in [6.07, 6.45) is 0. The third kappa shape index (κ3) is 6.27. The van der Waals surface area contributed by atoms with E-state index in [2.05, 4.69) is 21.2 Å². The number of nitrogens with one attached hydrogen (secondary N) is 1. The second-order valence-electron chi connectivity index (χ2n) is 6.53. The third-order valence-corrected chi connectivity index (χ3v) is 7.01. The number of carbonyl (C=O) groups is 1. The number of hydrogen-bond donors (Lipinski definition) is 1. The molecule has 0 aliphatic carbocycles. The largest absolute Gasteiger partial charge is 0.322 e. The number of hydrogen-bond acceptors (Lipinski definition) is 3. The second-order valence-corrected chi connectivity index (χ2v) is 10.3. The highest BCUT2D eigenvalue weighted by Crippen LogP contribution is 2.23. The van der Waals surface area contributed by atoms with Crippen LogP contribution in [0.15, 0.2) is 76.1 Å². The maximum Gasteiger partial charge on any atom is 0.243 e. The highest BCUT2D eigenvalue weighted by Gasteiger charge is 2.27. The first-order valence-electron chi connectivity index (χ1n) is 8.90. The summed E-state index contributed by atoms with van der Waals surface area (Å²) < 4.78 is 42.0. The Hall–Kier alpha value is -1.97. The van der Waals surface area contributed by atoms with E-state index in [4.69, 9.17) is 23.2 Å². The molecule has 10 heteroatoms. The number of amides is 1. The van der Waals surface area contributed by atoms with Crippen molar-refractivity contribution >= 4 is 60.7 Å². The monoisotopic (exact) mass is 544 g/mol. The molecule has 3 aromatic rings. The molecule has 1 N–H and O–H groups in total. The van der Waals surface area contributed by atoms with Crippen LogP contribution in [-0.2, 0) is 21.4 Å². The summed E-state index contributed by atoms with van der Waals surface area (Å²) in [5, 5.41) is 3.22. The fraction of sp³-hybridized carbons (Fsp3) is 0.0952. The quantitative estimate of drug-likeness (QED) is 0.412. The molecule has 0 atom stereocenters. The average molecular weight is 546 g/mol. The molecule has 0 spiro atoms. The van der Waals surface area contributed by atoms with Gasteiger partial charge in [-0.1, -0.05) is 51.3 Å². The van der Waals surface area contributed by atoms with Gasteiger partial charge in [-0.05, 0) is 60.2 Å². The third-order valence-electron chi connectivity index (χ3n) is 4.22. The number of halogens is 4. The fourth-order valence-electron chi connectivity index (χ4n) is 2.76. The van der Waals surface area contributed by atoms with Crippen molar-refractivity contribution in [3.8, 4) is 0 Å². The van der Waals surface area contributed by atoms with Gasteiger partial charge in [0.1, 0.15) is 5.82 Å². The van der Waals surface area contributed by atoms with Gasteiger partial charge in [0, 0.05) is 21.1 Å². The lowest BCUT2D eigenvalue weighted by molar-refractivity contribution is -0.116. The summed E-state index contributed by atoms with van der Waals surface area (Å²) in [5.74, 6) is -1.34. The van der Waals surface area contributed by atoms with Crippen LogP contribution in [-0.4, -0.2) is 25.2 Å². The van der Waals surface area contributed by atoms with E-state index in [1.54, 1.807) is 30.3 Å². The predicted molar refractivity (Wildman–Crippen MR) is 123 cm³/mol. The van der Waals surface area contributed by atoms with E-state index in [-0.39, 0.29) is 17.1 Å². The van der Waals surface area contributed by atoms with Gasteiger partial charge in [0.2, 0.25) is 15.9 Å². The van der Waals surface area contributed by atoms with E-state index in [9.17, 15) is 17.6 Å². The zero-order valence-electron chi connectivity index (χ0n) is 15.9. The molecule has 0 saturated heterocycles. The molecule has 0 saturated carbocycles. The Morgan fingerprint density at radius 1 is 1.00 bits per heavy atom. The van der Waals surface area contributed by atoms with Gasteiger partial charge < -0.3 is 5.32 Å². The number of rotatable bonds is 7. The zero-order chi connectivity index (χ0) is 22.6. The van der Waals surface area contributed by atoms with Gasteiger partial charge in [-0.25, -0.2) is 12.8 Å². The van der Waals surface area contributed by atoms with Crippen LogP contribution in [0.3, 0.4) is 0 Å². The molecule has 0 bridgehead atoms. The van der Waals surface area contributed by atoms with Crippen LogP contribution in [0, 0.1) is 5.82 Å². The van der Waals surface area contributed by atoms with E-state index < -0.39 is 28.3 Å². The smallest absolute Gasteiger partial charge is 0.243 e. The lowest BCUT2D eigenvalue weighted by Crippen LogP contribution is -2.37. The molecule has 0 aliphatic heterocycles. The highest BCUT2D eigenvalue weighted by atomic mass is 79.9. The molecule has 31 heavy (non-hydrogen) atoms. The first-order chi connectivity index (χ1) is 14.6. The number of anilines is 1. The highest BCUT2D eigenvalue weighted by molar-refractivity contribution is 9.10. The Labute approximate surface area is 198 Å². The summed E-state index contributed by atoms with van der Waals surface area (Å²) in [7, 11) is -4.06. The molecule has 0 fully saturated rings. The molecule has 3 aromatic carbocycles. The van der Waals surface area contributed by atoms with Crippen LogP contribution >= 0.6 is 39.1 Å². The average Bonchev–Trinajstić information content (AvgIpc) is 2.70. The SMILES string of the molecule is O=C(CN(Cc1cccc(Cl)c1)S(=O)(=O)c1ccc(Cl)cc1)Nc1ccc(Br)cc1F. The van der Waals surface area contributed by atoms with Gasteiger partial charge in [0.05, 0.1) is 17.1 Å². The number of sulfonamides is 1. The summed E-state index contributed by atoms with van der Waals surface area (Å²) in [4.78, 5) is 12.6. The van der Waals surface area contributed by atoms with Crippen molar-refractivity contribution in [2.24, 2.45) is 0 Å². The predicted octanol–water partition coefficient (Wildman–Crippen LogP) is 5.72. The zero-order valence-corrected chi connectivity index (χ0v) is 19.8. The van der Waals surface area contributed by atoms with Crippen molar-refractivity contribution in [1.82, 2.24) is 4.31 Å². The van der Waals surface area contributed by atoms with Crippen molar-refractivity contribution in [3.05, 3.63) is 92.6 Å². The van der Waals surface area contributed by atoms with Crippen LogP contribution in [0.25, 0.3) is 0 Å². The van der Waals surface area contributed by atoms with E-state index in [1.807, 2.05) is 0 Å². The lowest BCUT2D eigenvalue weighted by Gasteiger charge is -2.22. The molecular formula is C21H16BrCl2FN2O3S. The first kappa shape index (κ1) is 23.7. The van der Waals surface area contributed by atoms with Crippen molar-refractivity contribution in [1.29, 1.82) is 0 Å². The molecule has 1 amide bonds. The Morgan fingerprint density at radius 3 is 2.35 bits per heavy atom. The summed E-state index contributed by atoms with van der Waals surface area (Å²) in [5.41, 5.74) is 0.535. The standard InChI is InChI=1S/C21H16BrCl2FN2O3S/c22-15-4-9-20(19(25)11-15)26-21(28)13-27(12-14-2-1-3-17(24)10-14)31(29,30)18-7-5-16(23)6-8-18/h1-11H,12-13H2,(H,26,28). The second kappa shape index (κ2) is 10.1. The number of carbonyl (C=O) groups excluding carboxylic acids is 1. The summed E-state index contributed by atoms with van der Waals surface area (Å²) >= 11 is 15.0. The molecule has 0 unspecified atom stereocenters. The molecule has 0 aliphatic rings. The van der Waals surface area contributed by atoms with Crippen LogP contribution < -0.4 is 5.32 Å². The van der Waals surface area contributed by atoms with E-state index >= 15 is 0 Å². The molecule has 0 aromatic heterocycles. The van der Waals surface area contributed by atoms with Gasteiger partial charge in [0.25, 0.3) is 0 Å². The minimum absolute atomic E-state index is 0.0263. The van der Waals surface area contributed by atoms with Crippen molar-refractivity contribution in [2.75, 3.05) is 11.9 Å². The first-order valence-corrected chi connectivity index (χ1v) is 11.9.